The summed E-state index contributed by atoms with van der Waals surface area (Å²) in [4.78, 5) is 32.6. The van der Waals surface area contributed by atoms with Crippen LogP contribution < -0.4 is 11.2 Å². The third kappa shape index (κ3) is 3.30. The molecule has 0 unspecified atom stereocenters. The van der Waals surface area contributed by atoms with Crippen LogP contribution in [0.1, 0.15) is 5.56 Å². The monoisotopic (exact) mass is 447 g/mol. The molecule has 0 saturated carbocycles. The number of azo groups is 1. The summed E-state index contributed by atoms with van der Waals surface area (Å²) >= 11 is 0. The Morgan fingerprint density at radius 2 is 1.76 bits per heavy atom. The van der Waals surface area contributed by atoms with Crippen LogP contribution in [0, 0.1) is 5.82 Å². The Balaban J connectivity index is 1.73. The summed E-state index contributed by atoms with van der Waals surface area (Å²) in [5, 5.41) is 19.3. The molecule has 166 valence electrons. The van der Waals surface area contributed by atoms with E-state index in [0.29, 0.717) is 16.5 Å². The highest BCUT2D eigenvalue weighted by atomic mass is 19.1. The third-order valence-corrected chi connectivity index (χ3v) is 5.48. The van der Waals surface area contributed by atoms with Crippen LogP contribution in [0.25, 0.3) is 22.1 Å². The summed E-state index contributed by atoms with van der Waals surface area (Å²) in [6.45, 7) is 0.137. The van der Waals surface area contributed by atoms with E-state index in [2.05, 4.69) is 20.2 Å². The number of para-hydroxylation sites is 1. The predicted molar refractivity (Wildman–Crippen MR) is 120 cm³/mol. The number of halogens is 1. The average molecular weight is 447 g/mol. The zero-order chi connectivity index (χ0) is 23.3. The van der Waals surface area contributed by atoms with Crippen LogP contribution >= 0.6 is 0 Å². The number of H-pyrrole nitrogens is 1. The molecule has 5 aromatic rings. The Kier molecular flexibility index (Phi) is 4.66. The van der Waals surface area contributed by atoms with E-state index in [1.165, 1.54) is 35.4 Å². The third-order valence-electron chi connectivity index (χ3n) is 5.48. The predicted octanol–water partition coefficient (Wildman–Crippen LogP) is 3.22. The molecule has 3 aromatic heterocycles. The number of fused-ring (bicyclic) bond motifs is 2. The Labute approximate surface area is 184 Å². The summed E-state index contributed by atoms with van der Waals surface area (Å²) in [6, 6.07) is 13.0. The topological polar surface area (TPSA) is 123 Å². The maximum Gasteiger partial charge on any atom is 0.332 e. The Bertz CT molecular complexity index is 1670. The van der Waals surface area contributed by atoms with Gasteiger partial charge in [0.25, 0.3) is 11.5 Å². The van der Waals surface area contributed by atoms with Gasteiger partial charge >= 0.3 is 5.69 Å². The summed E-state index contributed by atoms with van der Waals surface area (Å²) in [7, 11) is 2.89. The number of aromatic amines is 1. The van der Waals surface area contributed by atoms with E-state index in [0.717, 1.165) is 4.57 Å². The van der Waals surface area contributed by atoms with E-state index in [-0.39, 0.29) is 41.0 Å². The lowest BCUT2D eigenvalue weighted by atomic mass is 10.2. The lowest BCUT2D eigenvalue weighted by Crippen LogP contribution is -2.37. The number of imidazole rings is 1. The molecule has 2 aromatic carbocycles. The number of aromatic nitrogens is 5. The molecule has 33 heavy (non-hydrogen) atoms. The Morgan fingerprint density at radius 3 is 2.52 bits per heavy atom. The number of aryl methyl sites for hydroxylation is 1. The van der Waals surface area contributed by atoms with Gasteiger partial charge in [-0.1, -0.05) is 30.3 Å². The fourth-order valence-electron chi connectivity index (χ4n) is 3.74. The van der Waals surface area contributed by atoms with Gasteiger partial charge in [0.15, 0.2) is 16.9 Å². The van der Waals surface area contributed by atoms with Crippen LogP contribution in [0.15, 0.2) is 68.3 Å². The van der Waals surface area contributed by atoms with Gasteiger partial charge < -0.3 is 10.1 Å². The minimum absolute atomic E-state index is 0.0531. The van der Waals surface area contributed by atoms with E-state index in [1.54, 1.807) is 30.3 Å². The van der Waals surface area contributed by atoms with Gasteiger partial charge in [0, 0.05) is 19.5 Å². The number of rotatable bonds is 4. The standard InChI is InChI=1S/C22H18FN7O3/c1-28-18-17(20(32)29(2)22(28)33)30(11-12-7-9-13(23)10-8-12)21(25-18)27-26-16-14-5-3-4-6-15(14)24-19(16)31/h3-10,24,31H,11H2,1-2H3. The normalized spacial score (nSPS) is 11.8. The van der Waals surface area contributed by atoms with Gasteiger partial charge in [-0.2, -0.15) is 4.98 Å². The van der Waals surface area contributed by atoms with Crippen LogP contribution in [0.2, 0.25) is 0 Å². The van der Waals surface area contributed by atoms with Gasteiger partial charge in [-0.25, -0.2) is 9.18 Å². The van der Waals surface area contributed by atoms with Gasteiger partial charge in [-0.15, -0.1) is 10.2 Å². The van der Waals surface area contributed by atoms with Crippen LogP contribution in [-0.2, 0) is 20.6 Å². The lowest BCUT2D eigenvalue weighted by molar-refractivity contribution is 0.459. The van der Waals surface area contributed by atoms with Gasteiger partial charge in [0.05, 0.1) is 12.1 Å². The molecule has 11 heteroatoms. The van der Waals surface area contributed by atoms with Crippen LogP contribution in [0.5, 0.6) is 5.88 Å². The van der Waals surface area contributed by atoms with Crippen molar-refractivity contribution in [2.24, 2.45) is 24.3 Å². The molecular formula is C22H18FN7O3. The SMILES string of the molecule is Cn1c(=O)c2c(nc(N=Nc3c(O)[nH]c4ccccc34)n2Cc2ccc(F)cc2)n(C)c1=O. The molecule has 0 spiro atoms. The lowest BCUT2D eigenvalue weighted by Gasteiger charge is -2.08. The first-order valence-corrected chi connectivity index (χ1v) is 9.97. The minimum atomic E-state index is -0.542. The number of hydrogen-bond acceptors (Lipinski definition) is 6. The van der Waals surface area contributed by atoms with Crippen molar-refractivity contribution in [1.82, 2.24) is 23.7 Å². The maximum atomic E-state index is 13.4. The maximum absolute atomic E-state index is 13.4. The van der Waals surface area contributed by atoms with E-state index < -0.39 is 11.2 Å². The van der Waals surface area contributed by atoms with Crippen molar-refractivity contribution in [1.29, 1.82) is 0 Å². The van der Waals surface area contributed by atoms with Crippen LogP contribution in [0.3, 0.4) is 0 Å². The number of benzene rings is 2. The highest BCUT2D eigenvalue weighted by molar-refractivity contribution is 5.94. The van der Waals surface area contributed by atoms with Gasteiger partial charge in [0.1, 0.15) is 5.82 Å². The summed E-state index contributed by atoms with van der Waals surface area (Å²) in [5.41, 5.74) is 0.810. The van der Waals surface area contributed by atoms with Crippen LogP contribution in [-0.4, -0.2) is 28.8 Å². The Morgan fingerprint density at radius 1 is 1.03 bits per heavy atom. The summed E-state index contributed by atoms with van der Waals surface area (Å²) in [5.74, 6) is -0.496. The van der Waals surface area contributed by atoms with Crippen molar-refractivity contribution in [3.63, 3.8) is 0 Å². The second-order valence-corrected chi connectivity index (χ2v) is 7.57. The molecule has 0 bridgehead atoms. The molecule has 10 nitrogen and oxygen atoms in total. The largest absolute Gasteiger partial charge is 0.493 e. The minimum Gasteiger partial charge on any atom is -0.493 e. The average Bonchev–Trinajstić information content (AvgIpc) is 3.33. The molecule has 0 aliphatic rings. The molecule has 0 amide bonds. The quantitative estimate of drug-likeness (QED) is 0.411. The fourth-order valence-corrected chi connectivity index (χ4v) is 3.74. The smallest absolute Gasteiger partial charge is 0.332 e. The molecule has 0 aliphatic heterocycles. The van der Waals surface area contributed by atoms with Crippen molar-refractivity contribution in [2.45, 2.75) is 6.54 Å². The first-order valence-electron chi connectivity index (χ1n) is 9.97. The highest BCUT2D eigenvalue weighted by Gasteiger charge is 2.20. The second kappa shape index (κ2) is 7.55. The van der Waals surface area contributed by atoms with Gasteiger partial charge in [-0.05, 0) is 23.8 Å². The highest BCUT2D eigenvalue weighted by Crippen LogP contribution is 2.36. The first-order chi connectivity index (χ1) is 15.8. The van der Waals surface area contributed by atoms with E-state index >= 15 is 0 Å². The Hall–Kier alpha value is -4.54. The fraction of sp³-hybridized carbons (Fsp3) is 0.136. The zero-order valence-electron chi connectivity index (χ0n) is 17.7. The van der Waals surface area contributed by atoms with Crippen molar-refractivity contribution in [3.05, 3.63) is 80.7 Å². The molecule has 3 heterocycles. The van der Waals surface area contributed by atoms with Gasteiger partial charge in [0.2, 0.25) is 5.88 Å². The zero-order valence-corrected chi connectivity index (χ0v) is 17.7. The number of nitrogens with zero attached hydrogens (tertiary/aromatic N) is 6. The molecule has 2 N–H and O–H groups in total. The van der Waals surface area contributed by atoms with Crippen molar-refractivity contribution < 1.29 is 9.50 Å². The van der Waals surface area contributed by atoms with Gasteiger partial charge in [-0.3, -0.25) is 18.5 Å². The molecule has 0 aliphatic carbocycles. The van der Waals surface area contributed by atoms with Crippen molar-refractivity contribution in [2.75, 3.05) is 0 Å². The molecule has 0 radical (unpaired) electrons. The van der Waals surface area contributed by atoms with Crippen molar-refractivity contribution >= 4 is 33.7 Å². The molecule has 0 atom stereocenters. The second-order valence-electron chi connectivity index (χ2n) is 7.57. The summed E-state index contributed by atoms with van der Waals surface area (Å²) in [6.07, 6.45) is 0. The number of aromatic hydroxyl groups is 1. The molecule has 0 fully saturated rings. The van der Waals surface area contributed by atoms with Crippen LogP contribution in [0.4, 0.5) is 16.0 Å². The van der Waals surface area contributed by atoms with E-state index in [1.807, 2.05) is 6.07 Å². The number of nitrogens with one attached hydrogen (secondary N) is 1. The molecule has 5 rings (SSSR count). The van der Waals surface area contributed by atoms with E-state index in [9.17, 15) is 19.1 Å². The molecular weight excluding hydrogens is 429 g/mol. The summed E-state index contributed by atoms with van der Waals surface area (Å²) < 4.78 is 17.1. The van der Waals surface area contributed by atoms with Crippen molar-refractivity contribution in [3.8, 4) is 5.88 Å². The van der Waals surface area contributed by atoms with E-state index in [4.69, 9.17) is 0 Å². The first kappa shape index (κ1) is 20.4. The molecule has 0 saturated heterocycles. The number of hydrogen-bond donors (Lipinski definition) is 2.